The fraction of sp³-hybridized carbons (Fsp3) is 0.125. The Morgan fingerprint density at radius 3 is 2.48 bits per heavy atom. The minimum atomic E-state index is -0.292. The number of hydrogen-bond donors (Lipinski definition) is 4. The first-order chi connectivity index (χ1) is 14.8. The number of carbonyl (C=O) groups excluding carboxylic acids is 1. The number of aryl methyl sites for hydroxylation is 2. The van der Waals surface area contributed by atoms with Crippen LogP contribution in [0.15, 0.2) is 60.0 Å². The largest absolute Gasteiger partial charge is 0.398 e. The lowest BCUT2D eigenvalue weighted by molar-refractivity contribution is 0.0963. The fourth-order valence-electron chi connectivity index (χ4n) is 3.25. The van der Waals surface area contributed by atoms with Crippen molar-refractivity contribution in [3.63, 3.8) is 0 Å². The second-order valence-electron chi connectivity index (χ2n) is 7.08. The maximum absolute atomic E-state index is 12.6. The molecule has 0 saturated heterocycles. The van der Waals surface area contributed by atoms with Crippen molar-refractivity contribution in [2.75, 3.05) is 12.4 Å². The average molecular weight is 415 g/mol. The van der Waals surface area contributed by atoms with E-state index in [1.54, 1.807) is 49.7 Å². The molecule has 0 bridgehead atoms. The van der Waals surface area contributed by atoms with Crippen LogP contribution in [0, 0.1) is 13.8 Å². The minimum absolute atomic E-state index is 0.173. The normalized spacial score (nSPS) is 11.1. The highest BCUT2D eigenvalue weighted by atomic mass is 16.1. The van der Waals surface area contributed by atoms with Crippen molar-refractivity contribution in [1.29, 1.82) is 0 Å². The van der Waals surface area contributed by atoms with Gasteiger partial charge < -0.3 is 21.4 Å². The Kier molecular flexibility index (Phi) is 6.35. The molecule has 3 rings (SSSR count). The number of anilines is 1. The van der Waals surface area contributed by atoms with Crippen LogP contribution in [-0.2, 0) is 0 Å². The molecule has 31 heavy (non-hydrogen) atoms. The molecule has 3 aromatic rings. The van der Waals surface area contributed by atoms with Gasteiger partial charge in [-0.25, -0.2) is 0 Å². The van der Waals surface area contributed by atoms with E-state index in [1.807, 2.05) is 26.0 Å². The van der Waals surface area contributed by atoms with Crippen LogP contribution < -0.4 is 21.9 Å². The van der Waals surface area contributed by atoms with Crippen LogP contribution in [0.3, 0.4) is 0 Å². The van der Waals surface area contributed by atoms with Gasteiger partial charge in [-0.05, 0) is 68.0 Å². The number of nitrogens with two attached hydrogens (primary N) is 1. The Morgan fingerprint density at radius 1 is 1.13 bits per heavy atom. The summed E-state index contributed by atoms with van der Waals surface area (Å²) in [4.78, 5) is 31.4. The zero-order valence-electron chi connectivity index (χ0n) is 17.7. The molecule has 2 heterocycles. The third kappa shape index (κ3) is 4.90. The van der Waals surface area contributed by atoms with E-state index in [0.717, 1.165) is 17.0 Å². The average Bonchev–Trinajstić information content (AvgIpc) is 2.73. The highest BCUT2D eigenvalue weighted by Gasteiger charge is 2.12. The molecule has 0 atom stereocenters. The van der Waals surface area contributed by atoms with Gasteiger partial charge in [0.1, 0.15) is 0 Å². The summed E-state index contributed by atoms with van der Waals surface area (Å²) < 4.78 is 0. The number of H-pyrrole nitrogens is 1. The van der Waals surface area contributed by atoms with Gasteiger partial charge in [-0.1, -0.05) is 6.58 Å². The molecule has 5 N–H and O–H groups in total. The van der Waals surface area contributed by atoms with E-state index < -0.39 is 0 Å². The van der Waals surface area contributed by atoms with Gasteiger partial charge in [0.05, 0.1) is 5.56 Å². The Bertz CT molecular complexity index is 1220. The lowest BCUT2D eigenvalue weighted by Crippen LogP contribution is -2.18. The van der Waals surface area contributed by atoms with Crippen LogP contribution in [0.1, 0.15) is 38.4 Å². The minimum Gasteiger partial charge on any atom is -0.398 e. The SMILES string of the molecule is C=C(Nc1ccc(C(=O)NC)cc1)c1c(/C=C(\N)c2ccc(C)nc2C)cc[nH]c1=O. The molecule has 0 saturated carbocycles. The van der Waals surface area contributed by atoms with Crippen LogP contribution in [-0.4, -0.2) is 22.9 Å². The van der Waals surface area contributed by atoms with Crippen LogP contribution >= 0.6 is 0 Å². The predicted octanol–water partition coefficient (Wildman–Crippen LogP) is 3.29. The molecule has 0 aliphatic heterocycles. The number of aromatic nitrogens is 2. The first-order valence-electron chi connectivity index (χ1n) is 9.72. The summed E-state index contributed by atoms with van der Waals surface area (Å²) in [5.41, 5.74) is 11.7. The van der Waals surface area contributed by atoms with E-state index in [9.17, 15) is 9.59 Å². The van der Waals surface area contributed by atoms with E-state index >= 15 is 0 Å². The van der Waals surface area contributed by atoms with E-state index in [0.29, 0.717) is 33.8 Å². The molecule has 0 aliphatic carbocycles. The van der Waals surface area contributed by atoms with Gasteiger partial charge in [-0.2, -0.15) is 0 Å². The fourth-order valence-corrected chi connectivity index (χ4v) is 3.25. The molecule has 1 aromatic carbocycles. The molecule has 158 valence electrons. The summed E-state index contributed by atoms with van der Waals surface area (Å²) in [5.74, 6) is -0.173. The van der Waals surface area contributed by atoms with Crippen molar-refractivity contribution < 1.29 is 4.79 Å². The molecule has 0 fully saturated rings. The second kappa shape index (κ2) is 9.13. The first-order valence-corrected chi connectivity index (χ1v) is 9.72. The molecule has 0 aliphatic rings. The number of amides is 1. The summed E-state index contributed by atoms with van der Waals surface area (Å²) >= 11 is 0. The van der Waals surface area contributed by atoms with Gasteiger partial charge in [0, 0.05) is 52.8 Å². The molecule has 0 radical (unpaired) electrons. The van der Waals surface area contributed by atoms with E-state index in [1.165, 1.54) is 0 Å². The van der Waals surface area contributed by atoms with Crippen molar-refractivity contribution in [1.82, 2.24) is 15.3 Å². The summed E-state index contributed by atoms with van der Waals surface area (Å²) in [6.45, 7) is 7.84. The Morgan fingerprint density at radius 2 is 1.84 bits per heavy atom. The van der Waals surface area contributed by atoms with Crippen molar-refractivity contribution >= 4 is 29.1 Å². The maximum Gasteiger partial charge on any atom is 0.257 e. The topological polar surface area (TPSA) is 113 Å². The monoisotopic (exact) mass is 415 g/mol. The molecule has 7 nitrogen and oxygen atoms in total. The number of nitrogens with zero attached hydrogens (tertiary/aromatic N) is 1. The zero-order valence-corrected chi connectivity index (χ0v) is 17.7. The van der Waals surface area contributed by atoms with Gasteiger partial charge in [0.15, 0.2) is 0 Å². The smallest absolute Gasteiger partial charge is 0.257 e. The highest BCUT2D eigenvalue weighted by molar-refractivity contribution is 5.94. The highest BCUT2D eigenvalue weighted by Crippen LogP contribution is 2.22. The van der Waals surface area contributed by atoms with Crippen molar-refractivity contribution in [2.24, 2.45) is 5.73 Å². The standard InChI is InChI=1S/C24H25N5O2/c1-14-5-10-20(15(2)28-14)21(25)13-18-11-12-27-24(31)22(18)16(3)29-19-8-6-17(7-9-19)23(30)26-4/h5-13,29H,3,25H2,1-2,4H3,(H,26,30)(H,27,31)/b21-13-. The van der Waals surface area contributed by atoms with Crippen molar-refractivity contribution in [3.05, 3.63) is 99.2 Å². The molecule has 2 aromatic heterocycles. The summed E-state index contributed by atoms with van der Waals surface area (Å²) in [6, 6.07) is 12.5. The quantitative estimate of drug-likeness (QED) is 0.493. The third-order valence-electron chi connectivity index (χ3n) is 4.81. The third-order valence-corrected chi connectivity index (χ3v) is 4.81. The van der Waals surface area contributed by atoms with Crippen molar-refractivity contribution in [2.45, 2.75) is 13.8 Å². The van der Waals surface area contributed by atoms with Crippen LogP contribution in [0.4, 0.5) is 5.69 Å². The second-order valence-corrected chi connectivity index (χ2v) is 7.08. The number of nitrogens with one attached hydrogen (secondary N) is 3. The lowest BCUT2D eigenvalue weighted by Gasteiger charge is -2.13. The van der Waals surface area contributed by atoms with Gasteiger partial charge in [0.25, 0.3) is 11.5 Å². The number of hydrogen-bond acceptors (Lipinski definition) is 5. The molecule has 1 amide bonds. The number of benzene rings is 1. The lowest BCUT2D eigenvalue weighted by atomic mass is 10.0. The van der Waals surface area contributed by atoms with E-state index in [4.69, 9.17) is 5.73 Å². The van der Waals surface area contributed by atoms with Gasteiger partial charge in [-0.15, -0.1) is 0 Å². The molecular weight excluding hydrogens is 390 g/mol. The van der Waals surface area contributed by atoms with Gasteiger partial charge in [0.2, 0.25) is 0 Å². The first kappa shape index (κ1) is 21.6. The number of carbonyl (C=O) groups is 1. The molecular formula is C24H25N5O2. The molecule has 0 spiro atoms. The van der Waals surface area contributed by atoms with Crippen molar-refractivity contribution in [3.8, 4) is 0 Å². The summed E-state index contributed by atoms with van der Waals surface area (Å²) in [5, 5.41) is 5.70. The molecule has 0 unspecified atom stereocenters. The Balaban J connectivity index is 1.92. The van der Waals surface area contributed by atoms with Crippen LogP contribution in [0.5, 0.6) is 0 Å². The van der Waals surface area contributed by atoms with Gasteiger partial charge >= 0.3 is 0 Å². The number of aromatic amines is 1. The number of rotatable bonds is 6. The zero-order chi connectivity index (χ0) is 22.5. The van der Waals surface area contributed by atoms with Gasteiger partial charge in [-0.3, -0.25) is 14.6 Å². The predicted molar refractivity (Wildman–Crippen MR) is 125 cm³/mol. The van der Waals surface area contributed by atoms with E-state index in [-0.39, 0.29) is 11.5 Å². The van der Waals surface area contributed by atoms with E-state index in [2.05, 4.69) is 27.2 Å². The summed E-state index contributed by atoms with van der Waals surface area (Å²) in [7, 11) is 1.58. The van der Waals surface area contributed by atoms with Crippen LogP contribution in [0.2, 0.25) is 0 Å². The molecule has 7 heteroatoms. The Hall–Kier alpha value is -4.13. The van der Waals surface area contributed by atoms with Crippen LogP contribution in [0.25, 0.3) is 17.5 Å². The number of pyridine rings is 2. The Labute approximate surface area is 180 Å². The maximum atomic E-state index is 12.6. The summed E-state index contributed by atoms with van der Waals surface area (Å²) in [6.07, 6.45) is 3.31.